The Bertz CT molecular complexity index is 2640. The van der Waals surface area contributed by atoms with Crippen LogP contribution < -0.4 is 16.8 Å². The average molecular weight is 837 g/mol. The van der Waals surface area contributed by atoms with Gasteiger partial charge in [-0.25, -0.2) is 15.8 Å². The van der Waals surface area contributed by atoms with E-state index in [1.165, 1.54) is 41.4 Å². The first-order valence-electron chi connectivity index (χ1n) is 18.5. The Morgan fingerprint density at radius 2 is 1.30 bits per heavy atom. The van der Waals surface area contributed by atoms with Crippen molar-refractivity contribution in [1.29, 1.82) is 0 Å². The van der Waals surface area contributed by atoms with Gasteiger partial charge in [0.15, 0.2) is 0 Å². The fourth-order valence-corrected chi connectivity index (χ4v) is 6.06. The van der Waals surface area contributed by atoms with E-state index in [9.17, 15) is 40.7 Å². The van der Waals surface area contributed by atoms with Gasteiger partial charge < -0.3 is 14.7 Å². The number of aromatic nitrogens is 6. The number of aryl methyl sites for hydroxylation is 3. The highest BCUT2D eigenvalue weighted by Crippen LogP contribution is 2.30. The number of H-pyrrole nitrogens is 3. The Balaban J connectivity index is 0.000000186. The summed E-state index contributed by atoms with van der Waals surface area (Å²) < 4.78 is 81.5. The molecule has 0 aliphatic rings. The maximum Gasteiger partial charge on any atom is 0.416 e. The minimum Gasteiger partial charge on any atom is -0.465 e. The molecule has 0 amide bonds. The molecule has 0 saturated carbocycles. The molecule has 0 spiro atoms. The van der Waals surface area contributed by atoms with Crippen LogP contribution in [0.4, 0.5) is 32.3 Å². The maximum atomic E-state index is 12.9. The Morgan fingerprint density at radius 1 is 0.783 bits per heavy atom. The number of aromatic amines is 3. The highest BCUT2D eigenvalue weighted by Gasteiger charge is 2.31. The standard InChI is InChI=1S/C20H17F3N4O.C14H15F3O3.C8H10N4/c1-11-3-8-16-17(9-11)25-19(24-16)27-18(28)15(12(2)26-27)10-13-4-6-14(7-5-13)20(21,22)23;1-3-20-13(19)12(9(2)18)8-10-4-6-11(7-5-10)14(15,16)17;1-5-2-3-6-7(4-5)11-8(10-6)12-9/h3-9,26H,10H2,1-2H3,(H,24,25);4-7,12H,3,8H2,1-2H3;2-4H,9H2,1H3,(H2,10,11,12). The molecule has 18 heteroatoms. The van der Waals surface area contributed by atoms with Crippen LogP contribution in [0.15, 0.2) is 89.7 Å². The van der Waals surface area contributed by atoms with Crippen LogP contribution in [0.25, 0.3) is 28.0 Å². The Hall–Kier alpha value is -6.69. The lowest BCUT2D eigenvalue weighted by atomic mass is 9.95. The number of esters is 1. The quantitative estimate of drug-likeness (QED) is 0.0316. The molecule has 4 aromatic carbocycles. The number of benzene rings is 4. The van der Waals surface area contributed by atoms with E-state index >= 15 is 0 Å². The van der Waals surface area contributed by atoms with Crippen molar-refractivity contribution in [3.8, 4) is 5.95 Å². The summed E-state index contributed by atoms with van der Waals surface area (Å²) in [6, 6.07) is 21.0. The summed E-state index contributed by atoms with van der Waals surface area (Å²) in [5.41, 5.74) is 8.69. The number of ketones is 1. The van der Waals surface area contributed by atoms with Crippen molar-refractivity contribution in [3.05, 3.63) is 140 Å². The zero-order chi connectivity index (χ0) is 43.9. The molecule has 0 fully saturated rings. The van der Waals surface area contributed by atoms with E-state index in [-0.39, 0.29) is 30.8 Å². The summed E-state index contributed by atoms with van der Waals surface area (Å²) in [5.74, 6) is 4.16. The number of fused-ring (bicyclic) bond motifs is 2. The van der Waals surface area contributed by atoms with Gasteiger partial charge >= 0.3 is 18.3 Å². The monoisotopic (exact) mass is 836 g/mol. The van der Waals surface area contributed by atoms with Gasteiger partial charge in [0.2, 0.25) is 11.9 Å². The van der Waals surface area contributed by atoms with Crippen LogP contribution in [0, 0.1) is 26.7 Å². The normalized spacial score (nSPS) is 12.0. The van der Waals surface area contributed by atoms with Crippen LogP contribution in [-0.2, 0) is 39.5 Å². The molecule has 1 atom stereocenters. The molecular weight excluding hydrogens is 795 g/mol. The van der Waals surface area contributed by atoms with Crippen LogP contribution in [0.1, 0.15) is 58.5 Å². The van der Waals surface area contributed by atoms with Gasteiger partial charge in [-0.15, -0.1) is 0 Å². The van der Waals surface area contributed by atoms with Crippen LogP contribution in [0.3, 0.4) is 0 Å². The lowest BCUT2D eigenvalue weighted by molar-refractivity contribution is -0.151. The largest absolute Gasteiger partial charge is 0.465 e. The summed E-state index contributed by atoms with van der Waals surface area (Å²) in [4.78, 5) is 50.6. The number of hydrazine groups is 1. The van der Waals surface area contributed by atoms with Crippen LogP contribution in [0.2, 0.25) is 0 Å². The highest BCUT2D eigenvalue weighted by molar-refractivity contribution is 5.98. The van der Waals surface area contributed by atoms with Gasteiger partial charge in [-0.1, -0.05) is 36.4 Å². The molecule has 7 rings (SSSR count). The number of nitrogen functional groups attached to an aromatic ring is 1. The molecule has 12 nitrogen and oxygen atoms in total. The Kier molecular flexibility index (Phi) is 13.7. The number of hydrogen-bond donors (Lipinski definition) is 5. The van der Waals surface area contributed by atoms with E-state index in [1.54, 1.807) is 13.8 Å². The molecular formula is C42H42F6N8O4. The second-order valence-electron chi connectivity index (χ2n) is 13.9. The topological polar surface area (TPSA) is 177 Å². The van der Waals surface area contributed by atoms with Crippen molar-refractivity contribution in [1.82, 2.24) is 29.7 Å². The smallest absolute Gasteiger partial charge is 0.416 e. The number of hydrogen-bond acceptors (Lipinski definition) is 8. The SMILES string of the molecule is CCOC(=O)C(Cc1ccc(C(F)(F)F)cc1)C(C)=O.Cc1ccc2nc(-n3[nH]c(C)c(Cc4ccc(C(F)(F)F)cc4)c3=O)[nH]c2c1.Cc1ccc2nc(NN)[nH]c2c1. The number of ether oxygens (including phenoxy) is 1. The molecule has 60 heavy (non-hydrogen) atoms. The van der Waals surface area contributed by atoms with E-state index in [0.29, 0.717) is 34.3 Å². The highest BCUT2D eigenvalue weighted by atomic mass is 19.4. The van der Waals surface area contributed by atoms with Gasteiger partial charge in [0.05, 0.1) is 39.8 Å². The van der Waals surface area contributed by atoms with Gasteiger partial charge in [-0.05, 0) is 112 Å². The lowest BCUT2D eigenvalue weighted by Crippen LogP contribution is -2.26. The zero-order valence-electron chi connectivity index (χ0n) is 33.1. The first-order valence-corrected chi connectivity index (χ1v) is 18.5. The number of nitrogens with two attached hydrogens (primary N) is 1. The summed E-state index contributed by atoms with van der Waals surface area (Å²) in [6.45, 7) is 8.78. The van der Waals surface area contributed by atoms with Gasteiger partial charge in [-0.2, -0.15) is 31.0 Å². The van der Waals surface area contributed by atoms with Crippen molar-refractivity contribution in [2.24, 2.45) is 11.8 Å². The number of imidazole rings is 2. The lowest BCUT2D eigenvalue weighted by Gasteiger charge is -2.13. The van der Waals surface area contributed by atoms with Crippen molar-refractivity contribution >= 4 is 39.8 Å². The predicted molar refractivity (Wildman–Crippen MR) is 214 cm³/mol. The second kappa shape index (κ2) is 18.5. The molecule has 0 saturated heterocycles. The Labute approximate surface area is 339 Å². The number of halogens is 6. The second-order valence-corrected chi connectivity index (χ2v) is 13.9. The third-order valence-corrected chi connectivity index (χ3v) is 9.25. The summed E-state index contributed by atoms with van der Waals surface area (Å²) in [5, 5.41) is 2.99. The van der Waals surface area contributed by atoms with Gasteiger partial charge in [-0.3, -0.25) is 24.9 Å². The molecule has 0 aliphatic carbocycles. The molecule has 6 N–H and O–H groups in total. The zero-order valence-corrected chi connectivity index (χ0v) is 33.1. The van der Waals surface area contributed by atoms with Crippen LogP contribution in [0.5, 0.6) is 0 Å². The minimum absolute atomic E-state index is 0.0340. The fraction of sp³-hybridized carbons (Fsp3) is 0.262. The number of nitrogens with one attached hydrogen (secondary N) is 4. The van der Waals surface area contributed by atoms with Gasteiger partial charge in [0.1, 0.15) is 11.7 Å². The van der Waals surface area contributed by atoms with Gasteiger partial charge in [0.25, 0.3) is 5.56 Å². The molecule has 3 aromatic heterocycles. The van der Waals surface area contributed by atoms with E-state index in [0.717, 1.165) is 51.9 Å². The first kappa shape index (κ1) is 44.4. The number of rotatable bonds is 9. The van der Waals surface area contributed by atoms with Crippen LogP contribution >= 0.6 is 0 Å². The molecule has 0 bridgehead atoms. The van der Waals surface area contributed by atoms with E-state index in [1.807, 2.05) is 50.2 Å². The summed E-state index contributed by atoms with van der Waals surface area (Å²) in [7, 11) is 0. The molecule has 0 aliphatic heterocycles. The van der Waals surface area contributed by atoms with E-state index in [2.05, 4.69) is 30.5 Å². The molecule has 0 radical (unpaired) electrons. The van der Waals surface area contributed by atoms with Crippen molar-refractivity contribution in [3.63, 3.8) is 0 Å². The van der Waals surface area contributed by atoms with Crippen molar-refractivity contribution < 1.29 is 40.7 Å². The first-order chi connectivity index (χ1) is 28.3. The molecule has 3 heterocycles. The fourth-order valence-electron chi connectivity index (χ4n) is 6.06. The van der Waals surface area contributed by atoms with Gasteiger partial charge in [0, 0.05) is 17.7 Å². The average Bonchev–Trinajstić information content (AvgIpc) is 3.88. The minimum atomic E-state index is -4.40. The maximum absolute atomic E-state index is 12.9. The number of carbonyl (C=O) groups excluding carboxylic acids is 2. The number of Topliss-reactive ketones (excluding diaryl/α,β-unsaturated/α-hetero) is 1. The number of nitrogens with zero attached hydrogens (tertiary/aromatic N) is 3. The number of anilines is 1. The number of carbonyl (C=O) groups is 2. The molecule has 316 valence electrons. The number of alkyl halides is 6. The van der Waals surface area contributed by atoms with E-state index < -0.39 is 35.4 Å². The van der Waals surface area contributed by atoms with Crippen molar-refractivity contribution in [2.45, 2.75) is 59.8 Å². The van der Waals surface area contributed by atoms with E-state index in [4.69, 9.17) is 10.6 Å². The third-order valence-electron chi connectivity index (χ3n) is 9.25. The summed E-state index contributed by atoms with van der Waals surface area (Å²) >= 11 is 0. The summed E-state index contributed by atoms with van der Waals surface area (Å²) in [6.07, 6.45) is -8.52. The molecule has 7 aromatic rings. The third kappa shape index (κ3) is 11.1. The predicted octanol–water partition coefficient (Wildman–Crippen LogP) is 8.44. The Morgan fingerprint density at radius 3 is 1.80 bits per heavy atom. The van der Waals surface area contributed by atoms with Crippen molar-refractivity contribution in [2.75, 3.05) is 12.0 Å². The van der Waals surface area contributed by atoms with Crippen LogP contribution in [-0.4, -0.2) is 48.1 Å². The molecule has 1 unspecified atom stereocenters.